The number of carbonyl (C=O) groups excluding carboxylic acids is 1. The van der Waals surface area contributed by atoms with Crippen LogP contribution in [0.2, 0.25) is 0 Å². The van der Waals surface area contributed by atoms with Gasteiger partial charge in [-0.25, -0.2) is 9.18 Å². The monoisotopic (exact) mass is 334 g/mol. The predicted molar refractivity (Wildman–Crippen MR) is 93.8 cm³/mol. The third kappa shape index (κ3) is 4.60. The third-order valence-electron chi connectivity index (χ3n) is 4.99. The van der Waals surface area contributed by atoms with Crippen LogP contribution in [0.5, 0.6) is 0 Å². The summed E-state index contributed by atoms with van der Waals surface area (Å²) in [6.45, 7) is 4.58. The molecule has 24 heavy (non-hydrogen) atoms. The molecule has 2 unspecified atom stereocenters. The highest BCUT2D eigenvalue weighted by Crippen LogP contribution is 2.23. The van der Waals surface area contributed by atoms with Crippen molar-refractivity contribution in [3.63, 3.8) is 0 Å². The molecule has 0 bridgehead atoms. The summed E-state index contributed by atoms with van der Waals surface area (Å²) in [4.78, 5) is 16.6. The lowest BCUT2D eigenvalue weighted by Crippen LogP contribution is -2.50. The Labute approximate surface area is 143 Å². The molecule has 2 amide bonds. The molecule has 0 aromatic heterocycles. The van der Waals surface area contributed by atoms with Gasteiger partial charge >= 0.3 is 6.03 Å². The van der Waals surface area contributed by atoms with Crippen LogP contribution in [0.1, 0.15) is 19.3 Å². The number of nitrogens with one attached hydrogen (secondary N) is 2. The number of carbonyl (C=O) groups is 1. The Morgan fingerprint density at radius 3 is 2.75 bits per heavy atom. The first-order chi connectivity index (χ1) is 11.6. The van der Waals surface area contributed by atoms with E-state index < -0.39 is 0 Å². The van der Waals surface area contributed by atoms with Crippen LogP contribution in [-0.2, 0) is 0 Å². The highest BCUT2D eigenvalue weighted by atomic mass is 19.1. The first-order valence-corrected chi connectivity index (χ1v) is 8.83. The molecule has 132 valence electrons. The minimum Gasteiger partial charge on any atom is -0.371 e. The number of likely N-dealkylation sites (N-methyl/N-ethyl adjacent to an activating group) is 1. The highest BCUT2D eigenvalue weighted by Gasteiger charge is 2.24. The molecule has 0 saturated carbocycles. The van der Waals surface area contributed by atoms with Crippen LogP contribution < -0.4 is 15.5 Å². The number of rotatable bonds is 4. The Balaban J connectivity index is 1.39. The standard InChI is InChI=1S/C18H27FN4O/c1-22-9-2-3-16(13-22)21-18(24)20-11-14-8-10-23(12-14)17-6-4-15(19)5-7-17/h4-7,14,16H,2-3,8-13H2,1H3,(H2,20,21,24). The molecule has 0 radical (unpaired) electrons. The van der Waals surface area contributed by atoms with Crippen LogP contribution in [0.25, 0.3) is 0 Å². The van der Waals surface area contributed by atoms with Crippen molar-refractivity contribution in [1.82, 2.24) is 15.5 Å². The summed E-state index contributed by atoms with van der Waals surface area (Å²) in [6.07, 6.45) is 3.24. The van der Waals surface area contributed by atoms with Crippen molar-refractivity contribution in [2.24, 2.45) is 5.92 Å². The number of urea groups is 1. The Hall–Kier alpha value is -1.82. The summed E-state index contributed by atoms with van der Waals surface area (Å²) in [6, 6.07) is 6.82. The molecule has 5 nitrogen and oxygen atoms in total. The smallest absolute Gasteiger partial charge is 0.315 e. The predicted octanol–water partition coefficient (Wildman–Crippen LogP) is 2.05. The quantitative estimate of drug-likeness (QED) is 0.886. The SMILES string of the molecule is CN1CCCC(NC(=O)NCC2CCN(c3ccc(F)cc3)C2)C1. The van der Waals surface area contributed by atoms with E-state index >= 15 is 0 Å². The largest absolute Gasteiger partial charge is 0.371 e. The van der Waals surface area contributed by atoms with Gasteiger partial charge < -0.3 is 20.4 Å². The summed E-state index contributed by atoms with van der Waals surface area (Å²) >= 11 is 0. The first-order valence-electron chi connectivity index (χ1n) is 8.83. The summed E-state index contributed by atoms with van der Waals surface area (Å²) in [5.41, 5.74) is 1.05. The average molecular weight is 334 g/mol. The van der Waals surface area contributed by atoms with Crippen LogP contribution in [0.15, 0.2) is 24.3 Å². The molecule has 0 spiro atoms. The summed E-state index contributed by atoms with van der Waals surface area (Å²) < 4.78 is 13.0. The molecule has 2 heterocycles. The van der Waals surface area contributed by atoms with E-state index in [-0.39, 0.29) is 17.9 Å². The second kappa shape index (κ2) is 7.83. The van der Waals surface area contributed by atoms with Gasteiger partial charge in [0.05, 0.1) is 0 Å². The van der Waals surface area contributed by atoms with Crippen LogP contribution in [0.3, 0.4) is 0 Å². The van der Waals surface area contributed by atoms with E-state index in [0.717, 1.165) is 51.1 Å². The Bertz CT molecular complexity index is 550. The van der Waals surface area contributed by atoms with Crippen LogP contribution in [0, 0.1) is 11.7 Å². The third-order valence-corrected chi connectivity index (χ3v) is 4.99. The molecule has 0 aliphatic carbocycles. The molecule has 1 aromatic carbocycles. The number of nitrogens with zero attached hydrogens (tertiary/aromatic N) is 2. The van der Waals surface area contributed by atoms with E-state index in [0.29, 0.717) is 12.5 Å². The molecule has 6 heteroatoms. The number of benzene rings is 1. The number of likely N-dealkylation sites (tertiary alicyclic amines) is 1. The van der Waals surface area contributed by atoms with Crippen molar-refractivity contribution in [2.45, 2.75) is 25.3 Å². The van der Waals surface area contributed by atoms with E-state index in [2.05, 4.69) is 27.5 Å². The lowest BCUT2D eigenvalue weighted by atomic mass is 10.1. The minimum absolute atomic E-state index is 0.0597. The van der Waals surface area contributed by atoms with Crippen LogP contribution in [-0.4, -0.2) is 56.7 Å². The van der Waals surface area contributed by atoms with Crippen molar-refractivity contribution in [2.75, 3.05) is 44.7 Å². The fourth-order valence-corrected chi connectivity index (χ4v) is 3.64. The average Bonchev–Trinajstić information content (AvgIpc) is 3.03. The summed E-state index contributed by atoms with van der Waals surface area (Å²) in [7, 11) is 2.09. The molecular weight excluding hydrogens is 307 g/mol. The molecule has 2 N–H and O–H groups in total. The molecule has 2 aliphatic rings. The van der Waals surface area contributed by atoms with Gasteiger partial charge in [-0.1, -0.05) is 0 Å². The van der Waals surface area contributed by atoms with Crippen molar-refractivity contribution in [3.05, 3.63) is 30.1 Å². The van der Waals surface area contributed by atoms with Crippen molar-refractivity contribution in [1.29, 1.82) is 0 Å². The Morgan fingerprint density at radius 2 is 2.00 bits per heavy atom. The number of amides is 2. The zero-order valence-corrected chi connectivity index (χ0v) is 14.3. The van der Waals surface area contributed by atoms with E-state index in [9.17, 15) is 9.18 Å². The summed E-state index contributed by atoms with van der Waals surface area (Å²) in [5.74, 6) is 0.232. The van der Waals surface area contributed by atoms with Gasteiger partial charge in [-0.05, 0) is 63.0 Å². The van der Waals surface area contributed by atoms with Gasteiger partial charge in [-0.15, -0.1) is 0 Å². The topological polar surface area (TPSA) is 47.6 Å². The maximum atomic E-state index is 13.0. The minimum atomic E-state index is -0.207. The molecule has 2 atom stereocenters. The van der Waals surface area contributed by atoms with E-state index in [1.807, 2.05) is 12.1 Å². The molecule has 3 rings (SSSR count). The fourth-order valence-electron chi connectivity index (χ4n) is 3.64. The number of hydrogen-bond acceptors (Lipinski definition) is 3. The second-order valence-electron chi connectivity index (χ2n) is 7.03. The molecule has 2 aliphatic heterocycles. The number of piperidine rings is 1. The van der Waals surface area contributed by atoms with Gasteiger partial charge in [0.25, 0.3) is 0 Å². The van der Waals surface area contributed by atoms with Gasteiger partial charge in [-0.2, -0.15) is 0 Å². The highest BCUT2D eigenvalue weighted by molar-refractivity contribution is 5.74. The van der Waals surface area contributed by atoms with Gasteiger partial charge in [0.2, 0.25) is 0 Å². The fraction of sp³-hybridized carbons (Fsp3) is 0.611. The zero-order valence-electron chi connectivity index (χ0n) is 14.3. The first kappa shape index (κ1) is 17.0. The summed E-state index contributed by atoms with van der Waals surface area (Å²) in [5, 5.41) is 6.09. The molecular formula is C18H27FN4O. The molecule has 1 aromatic rings. The van der Waals surface area contributed by atoms with E-state index in [4.69, 9.17) is 0 Å². The Kier molecular flexibility index (Phi) is 5.56. The van der Waals surface area contributed by atoms with Crippen molar-refractivity contribution >= 4 is 11.7 Å². The van der Waals surface area contributed by atoms with Gasteiger partial charge in [0, 0.05) is 37.9 Å². The van der Waals surface area contributed by atoms with Crippen LogP contribution in [0.4, 0.5) is 14.9 Å². The number of anilines is 1. The maximum absolute atomic E-state index is 13.0. The second-order valence-corrected chi connectivity index (χ2v) is 7.03. The van der Waals surface area contributed by atoms with Gasteiger partial charge in [0.15, 0.2) is 0 Å². The number of halogens is 1. The molecule has 2 fully saturated rings. The van der Waals surface area contributed by atoms with Gasteiger partial charge in [0.1, 0.15) is 5.82 Å². The molecule has 2 saturated heterocycles. The van der Waals surface area contributed by atoms with E-state index in [1.54, 1.807) is 0 Å². The lowest BCUT2D eigenvalue weighted by Gasteiger charge is -2.30. The normalized spacial score (nSPS) is 24.8. The maximum Gasteiger partial charge on any atom is 0.315 e. The van der Waals surface area contributed by atoms with Crippen LogP contribution >= 0.6 is 0 Å². The van der Waals surface area contributed by atoms with Crippen molar-refractivity contribution in [3.8, 4) is 0 Å². The van der Waals surface area contributed by atoms with Crippen molar-refractivity contribution < 1.29 is 9.18 Å². The number of hydrogen-bond donors (Lipinski definition) is 2. The van der Waals surface area contributed by atoms with E-state index in [1.165, 1.54) is 12.1 Å². The zero-order chi connectivity index (χ0) is 16.9. The van der Waals surface area contributed by atoms with Gasteiger partial charge in [-0.3, -0.25) is 0 Å². The lowest BCUT2D eigenvalue weighted by molar-refractivity contribution is 0.208. The Morgan fingerprint density at radius 1 is 1.21 bits per heavy atom.